The molecular weight excluding hydrogens is 258 g/mol. The van der Waals surface area contributed by atoms with Crippen molar-refractivity contribution in [1.29, 1.82) is 0 Å². The van der Waals surface area contributed by atoms with Crippen LogP contribution in [-0.2, 0) is 17.6 Å². The number of rotatable bonds is 2. The van der Waals surface area contributed by atoms with Crippen LogP contribution in [0.5, 0.6) is 0 Å². The third-order valence-electron chi connectivity index (χ3n) is 5.39. The number of nitrogens with zero attached hydrogens (tertiary/aromatic N) is 1. The van der Waals surface area contributed by atoms with E-state index in [9.17, 15) is 4.79 Å². The first-order chi connectivity index (χ1) is 10.1. The predicted molar refractivity (Wildman–Crippen MR) is 86.3 cm³/mol. The van der Waals surface area contributed by atoms with Gasteiger partial charge in [-0.3, -0.25) is 4.79 Å². The van der Waals surface area contributed by atoms with E-state index in [1.54, 1.807) is 0 Å². The van der Waals surface area contributed by atoms with Crippen LogP contribution in [0.15, 0.2) is 24.3 Å². The molecule has 1 aromatic carbocycles. The highest BCUT2D eigenvalue weighted by Crippen LogP contribution is 2.32. The van der Waals surface area contributed by atoms with Crippen molar-refractivity contribution in [3.05, 3.63) is 35.4 Å². The van der Waals surface area contributed by atoms with Crippen LogP contribution in [0.2, 0.25) is 0 Å². The van der Waals surface area contributed by atoms with Gasteiger partial charge in [-0.15, -0.1) is 0 Å². The largest absolute Gasteiger partial charge is 0.302 e. The van der Waals surface area contributed by atoms with E-state index >= 15 is 0 Å². The number of hydrogen-bond donors (Lipinski definition) is 0. The molecule has 1 aromatic rings. The summed E-state index contributed by atoms with van der Waals surface area (Å²) >= 11 is 0. The van der Waals surface area contributed by atoms with Gasteiger partial charge in [0.05, 0.1) is 0 Å². The van der Waals surface area contributed by atoms with Crippen LogP contribution in [0.25, 0.3) is 0 Å². The van der Waals surface area contributed by atoms with E-state index in [1.807, 2.05) is 0 Å². The highest BCUT2D eigenvalue weighted by Gasteiger charge is 2.33. The Bertz CT molecular complexity index is 483. The van der Waals surface area contributed by atoms with E-state index in [0.717, 1.165) is 38.9 Å². The Morgan fingerprint density at radius 1 is 1.10 bits per heavy atom. The Morgan fingerprint density at radius 2 is 1.71 bits per heavy atom. The first kappa shape index (κ1) is 14.8. The molecule has 1 aliphatic carbocycles. The molecule has 3 rings (SSSR count). The van der Waals surface area contributed by atoms with E-state index in [1.165, 1.54) is 17.5 Å². The number of carbonyl (C=O) groups is 1. The molecule has 1 fully saturated rings. The minimum atomic E-state index is 0.266. The SMILES string of the molecule is CC1CC(=O)C(CN2CCc3ccccc3CC2)C(C)C1. The summed E-state index contributed by atoms with van der Waals surface area (Å²) in [7, 11) is 0. The predicted octanol–water partition coefficient (Wildman–Crippen LogP) is 3.34. The molecule has 1 aliphatic heterocycles. The lowest BCUT2D eigenvalue weighted by Gasteiger charge is -2.34. The number of hydrogen-bond acceptors (Lipinski definition) is 2. The minimum Gasteiger partial charge on any atom is -0.302 e. The molecule has 1 saturated carbocycles. The molecule has 1 heterocycles. The Labute approximate surface area is 128 Å². The molecule has 0 bridgehead atoms. The summed E-state index contributed by atoms with van der Waals surface area (Å²) in [6.45, 7) is 7.66. The Morgan fingerprint density at radius 3 is 2.29 bits per heavy atom. The summed E-state index contributed by atoms with van der Waals surface area (Å²) in [6.07, 6.45) is 4.26. The van der Waals surface area contributed by atoms with Crippen molar-refractivity contribution in [2.75, 3.05) is 19.6 Å². The maximum Gasteiger partial charge on any atom is 0.137 e. The summed E-state index contributed by atoms with van der Waals surface area (Å²) in [5.41, 5.74) is 2.99. The fourth-order valence-corrected chi connectivity index (χ4v) is 4.15. The van der Waals surface area contributed by atoms with Crippen LogP contribution in [-0.4, -0.2) is 30.3 Å². The Hall–Kier alpha value is -1.15. The monoisotopic (exact) mass is 285 g/mol. The van der Waals surface area contributed by atoms with Crippen molar-refractivity contribution in [3.63, 3.8) is 0 Å². The lowest BCUT2D eigenvalue weighted by Crippen LogP contribution is -2.41. The Kier molecular flexibility index (Phi) is 4.44. The van der Waals surface area contributed by atoms with Crippen LogP contribution in [0, 0.1) is 17.8 Å². The average Bonchev–Trinajstić information content (AvgIpc) is 2.65. The van der Waals surface area contributed by atoms with E-state index in [2.05, 4.69) is 43.0 Å². The van der Waals surface area contributed by atoms with Gasteiger partial charge in [0.1, 0.15) is 5.78 Å². The van der Waals surface area contributed by atoms with Crippen molar-refractivity contribution < 1.29 is 4.79 Å². The molecule has 0 saturated heterocycles. The molecular formula is C19H27NO. The van der Waals surface area contributed by atoms with Crippen LogP contribution in [0.1, 0.15) is 37.8 Å². The maximum absolute atomic E-state index is 12.4. The maximum atomic E-state index is 12.4. The molecule has 0 spiro atoms. The normalized spacial score (nSPS) is 30.8. The van der Waals surface area contributed by atoms with Gasteiger partial charge in [0.2, 0.25) is 0 Å². The van der Waals surface area contributed by atoms with Crippen molar-refractivity contribution in [2.24, 2.45) is 17.8 Å². The lowest BCUT2D eigenvalue weighted by atomic mass is 9.74. The highest BCUT2D eigenvalue weighted by molar-refractivity contribution is 5.82. The molecule has 3 atom stereocenters. The second-order valence-corrected chi connectivity index (χ2v) is 7.16. The summed E-state index contributed by atoms with van der Waals surface area (Å²) < 4.78 is 0. The molecule has 0 aromatic heterocycles. The van der Waals surface area contributed by atoms with Crippen molar-refractivity contribution >= 4 is 5.78 Å². The average molecular weight is 285 g/mol. The van der Waals surface area contributed by atoms with Gasteiger partial charge < -0.3 is 4.90 Å². The number of Topliss-reactive ketones (excluding diaryl/α,β-unsaturated/α-hetero) is 1. The lowest BCUT2D eigenvalue weighted by molar-refractivity contribution is -0.128. The molecule has 2 aliphatic rings. The Balaban J connectivity index is 1.63. The molecule has 0 N–H and O–H groups in total. The van der Waals surface area contributed by atoms with Crippen LogP contribution in [0.3, 0.4) is 0 Å². The molecule has 2 heteroatoms. The van der Waals surface area contributed by atoms with E-state index in [0.29, 0.717) is 17.6 Å². The molecule has 114 valence electrons. The van der Waals surface area contributed by atoms with Crippen molar-refractivity contribution in [1.82, 2.24) is 4.90 Å². The molecule has 0 radical (unpaired) electrons. The van der Waals surface area contributed by atoms with Gasteiger partial charge in [-0.05, 0) is 42.2 Å². The summed E-state index contributed by atoms with van der Waals surface area (Å²) in [6, 6.07) is 8.80. The highest BCUT2D eigenvalue weighted by atomic mass is 16.1. The standard InChI is InChI=1S/C19H27NO/c1-14-11-15(2)18(19(21)12-14)13-20-9-7-16-5-3-4-6-17(16)8-10-20/h3-6,14-15,18H,7-13H2,1-2H3. The number of benzene rings is 1. The van der Waals surface area contributed by atoms with Crippen LogP contribution >= 0.6 is 0 Å². The molecule has 3 unspecified atom stereocenters. The fourth-order valence-electron chi connectivity index (χ4n) is 4.15. The van der Waals surface area contributed by atoms with Crippen molar-refractivity contribution in [2.45, 2.75) is 39.5 Å². The zero-order valence-electron chi connectivity index (χ0n) is 13.3. The van der Waals surface area contributed by atoms with Crippen LogP contribution < -0.4 is 0 Å². The zero-order chi connectivity index (χ0) is 14.8. The van der Waals surface area contributed by atoms with E-state index in [-0.39, 0.29) is 5.92 Å². The summed E-state index contributed by atoms with van der Waals surface area (Å²) in [4.78, 5) is 14.9. The second-order valence-electron chi connectivity index (χ2n) is 7.16. The van der Waals surface area contributed by atoms with E-state index < -0.39 is 0 Å². The zero-order valence-corrected chi connectivity index (χ0v) is 13.3. The molecule has 2 nitrogen and oxygen atoms in total. The van der Waals surface area contributed by atoms with Crippen molar-refractivity contribution in [3.8, 4) is 0 Å². The summed E-state index contributed by atoms with van der Waals surface area (Å²) in [5, 5.41) is 0. The third kappa shape index (κ3) is 3.37. The quantitative estimate of drug-likeness (QED) is 0.830. The van der Waals surface area contributed by atoms with Crippen LogP contribution in [0.4, 0.5) is 0 Å². The number of ketones is 1. The smallest absolute Gasteiger partial charge is 0.137 e. The van der Waals surface area contributed by atoms with Gasteiger partial charge in [0, 0.05) is 32.0 Å². The minimum absolute atomic E-state index is 0.266. The van der Waals surface area contributed by atoms with Gasteiger partial charge in [-0.1, -0.05) is 38.1 Å². The van der Waals surface area contributed by atoms with Gasteiger partial charge >= 0.3 is 0 Å². The van der Waals surface area contributed by atoms with Gasteiger partial charge in [0.25, 0.3) is 0 Å². The van der Waals surface area contributed by atoms with Gasteiger partial charge in [-0.25, -0.2) is 0 Å². The first-order valence-corrected chi connectivity index (χ1v) is 8.45. The number of fused-ring (bicyclic) bond motifs is 1. The first-order valence-electron chi connectivity index (χ1n) is 8.45. The fraction of sp³-hybridized carbons (Fsp3) is 0.632. The second kappa shape index (κ2) is 6.31. The third-order valence-corrected chi connectivity index (χ3v) is 5.39. The molecule has 0 amide bonds. The number of carbonyl (C=O) groups excluding carboxylic acids is 1. The van der Waals surface area contributed by atoms with Gasteiger partial charge in [-0.2, -0.15) is 0 Å². The summed E-state index contributed by atoms with van der Waals surface area (Å²) in [5.74, 6) is 1.90. The molecule has 21 heavy (non-hydrogen) atoms. The van der Waals surface area contributed by atoms with E-state index in [4.69, 9.17) is 0 Å². The van der Waals surface area contributed by atoms with Gasteiger partial charge in [0.15, 0.2) is 0 Å². The topological polar surface area (TPSA) is 20.3 Å².